The zero-order valence-electron chi connectivity index (χ0n) is 22.9. The second-order valence-corrected chi connectivity index (χ2v) is 10.2. The third kappa shape index (κ3) is 8.18. The summed E-state index contributed by atoms with van der Waals surface area (Å²) in [7, 11) is 1.65. The fourth-order valence-electron chi connectivity index (χ4n) is 4.35. The molecule has 0 aliphatic heterocycles. The Morgan fingerprint density at radius 1 is 1.00 bits per heavy atom. The van der Waals surface area contributed by atoms with Crippen molar-refractivity contribution in [3.63, 3.8) is 0 Å². The van der Waals surface area contributed by atoms with Crippen molar-refractivity contribution in [1.29, 1.82) is 0 Å². The summed E-state index contributed by atoms with van der Waals surface area (Å²) in [5.41, 5.74) is 6.26. The molecule has 0 aliphatic rings. The van der Waals surface area contributed by atoms with Crippen molar-refractivity contribution in [1.82, 2.24) is 10.3 Å². The van der Waals surface area contributed by atoms with Crippen LogP contribution >= 0.6 is 11.3 Å². The summed E-state index contributed by atoms with van der Waals surface area (Å²) < 4.78 is 12.0. The monoisotopic (exact) mass is 557 g/mol. The highest BCUT2D eigenvalue weighted by atomic mass is 32.1. The highest BCUT2D eigenvalue weighted by Gasteiger charge is 2.14. The molecule has 0 bridgehead atoms. The van der Waals surface area contributed by atoms with Crippen LogP contribution in [0.25, 0.3) is 11.1 Å². The van der Waals surface area contributed by atoms with E-state index in [1.807, 2.05) is 60.0 Å². The molecule has 0 spiro atoms. The van der Waals surface area contributed by atoms with Gasteiger partial charge in [0.1, 0.15) is 5.75 Å². The number of anilines is 1. The molecule has 0 atom stereocenters. The lowest BCUT2D eigenvalue weighted by molar-refractivity contribution is -0.136. The number of carboxylic acids is 1. The van der Waals surface area contributed by atoms with E-state index in [-0.39, 0.29) is 6.42 Å². The highest BCUT2D eigenvalue weighted by Crippen LogP contribution is 2.36. The van der Waals surface area contributed by atoms with E-state index < -0.39 is 5.97 Å². The third-order valence-corrected chi connectivity index (χ3v) is 7.11. The van der Waals surface area contributed by atoms with Crippen LogP contribution in [-0.2, 0) is 24.1 Å². The van der Waals surface area contributed by atoms with E-state index in [1.165, 1.54) is 16.9 Å². The molecule has 8 heteroatoms. The van der Waals surface area contributed by atoms with Gasteiger partial charge in [0.05, 0.1) is 7.11 Å². The molecule has 7 nitrogen and oxygen atoms in total. The average Bonchev–Trinajstić information content (AvgIpc) is 3.46. The highest BCUT2D eigenvalue weighted by molar-refractivity contribution is 7.13. The first kappa shape index (κ1) is 28.9. The van der Waals surface area contributed by atoms with Crippen LogP contribution in [0.5, 0.6) is 17.2 Å². The van der Waals surface area contributed by atoms with Gasteiger partial charge >= 0.3 is 5.97 Å². The lowest BCUT2D eigenvalue weighted by atomic mass is 9.99. The Labute approximate surface area is 239 Å². The molecule has 0 saturated carbocycles. The van der Waals surface area contributed by atoms with Crippen molar-refractivity contribution in [2.24, 2.45) is 0 Å². The summed E-state index contributed by atoms with van der Waals surface area (Å²) in [4.78, 5) is 15.1. The number of benzene rings is 3. The van der Waals surface area contributed by atoms with Gasteiger partial charge in [0.15, 0.2) is 16.6 Å². The number of methoxy groups -OCH3 is 1. The molecule has 1 heterocycles. The average molecular weight is 558 g/mol. The standard InChI is InChI=1S/C32H35N3O4S/c1-4-33-16-15-26-20-29(38-3)30(21-27(26)19-22(2)35-32-34-17-18-40-32)39-28-12-10-25(11-13-28)24-8-5-23(6-9-24)7-14-31(36)37/h5-6,8-13,17-18,20-21,33H,2,4,7,14-16,19H2,1,3H3,(H,34,35)(H,36,37). The van der Waals surface area contributed by atoms with Gasteiger partial charge in [-0.2, -0.15) is 0 Å². The van der Waals surface area contributed by atoms with Gasteiger partial charge in [-0.05, 0) is 78.0 Å². The van der Waals surface area contributed by atoms with Crippen molar-refractivity contribution < 1.29 is 19.4 Å². The van der Waals surface area contributed by atoms with Gasteiger partial charge in [-0.3, -0.25) is 4.79 Å². The molecule has 0 radical (unpaired) electrons. The zero-order valence-corrected chi connectivity index (χ0v) is 23.7. The fraction of sp³-hybridized carbons (Fsp3) is 0.250. The first-order chi connectivity index (χ1) is 19.4. The number of aryl methyl sites for hydroxylation is 1. The summed E-state index contributed by atoms with van der Waals surface area (Å²) in [5, 5.41) is 18.3. The van der Waals surface area contributed by atoms with E-state index >= 15 is 0 Å². The zero-order chi connectivity index (χ0) is 28.3. The number of nitrogens with one attached hydrogen (secondary N) is 2. The first-order valence-electron chi connectivity index (χ1n) is 13.3. The van der Waals surface area contributed by atoms with E-state index in [0.717, 1.165) is 52.6 Å². The number of likely N-dealkylation sites (N-methyl/N-ethyl adjacent to an activating group) is 1. The Morgan fingerprint density at radius 3 is 2.33 bits per heavy atom. The Bertz CT molecular complexity index is 1400. The van der Waals surface area contributed by atoms with E-state index in [2.05, 4.69) is 35.2 Å². The number of rotatable bonds is 15. The molecule has 0 unspecified atom stereocenters. The summed E-state index contributed by atoms with van der Waals surface area (Å²) in [5.74, 6) is 1.23. The van der Waals surface area contributed by atoms with Crippen molar-refractivity contribution in [3.05, 3.63) is 101 Å². The van der Waals surface area contributed by atoms with Crippen LogP contribution in [0.3, 0.4) is 0 Å². The molecular formula is C32H35N3O4S. The van der Waals surface area contributed by atoms with Crippen LogP contribution in [0.15, 0.2) is 84.5 Å². The Hall–Kier alpha value is -4.14. The SMILES string of the molecule is C=C(Cc1cc(Oc2ccc(-c3ccc(CCC(=O)O)cc3)cc2)c(OC)cc1CCNCC)Nc1nccs1. The Kier molecular flexibility index (Phi) is 10.3. The quantitative estimate of drug-likeness (QED) is 0.136. The smallest absolute Gasteiger partial charge is 0.303 e. The Morgan fingerprint density at radius 2 is 1.70 bits per heavy atom. The van der Waals surface area contributed by atoms with E-state index in [4.69, 9.17) is 14.6 Å². The maximum Gasteiger partial charge on any atom is 0.303 e. The largest absolute Gasteiger partial charge is 0.493 e. The van der Waals surface area contributed by atoms with Gasteiger partial charge in [0.25, 0.3) is 0 Å². The number of hydrogen-bond acceptors (Lipinski definition) is 7. The summed E-state index contributed by atoms with van der Waals surface area (Å²) in [6.45, 7) is 8.10. The van der Waals surface area contributed by atoms with Crippen molar-refractivity contribution in [3.8, 4) is 28.4 Å². The number of aromatic nitrogens is 1. The van der Waals surface area contributed by atoms with Gasteiger partial charge in [0, 0.05) is 30.1 Å². The lowest BCUT2D eigenvalue weighted by Crippen LogP contribution is -2.17. The predicted octanol–water partition coefficient (Wildman–Crippen LogP) is 6.95. The normalized spacial score (nSPS) is 10.8. The molecule has 1 aromatic heterocycles. The van der Waals surface area contributed by atoms with Crippen LogP contribution in [0, 0.1) is 0 Å². The van der Waals surface area contributed by atoms with Gasteiger partial charge in [-0.15, -0.1) is 11.3 Å². The van der Waals surface area contributed by atoms with Crippen LogP contribution in [0.1, 0.15) is 30.0 Å². The van der Waals surface area contributed by atoms with Gasteiger partial charge < -0.3 is 25.2 Å². The number of ether oxygens (including phenoxy) is 2. The first-order valence-corrected chi connectivity index (χ1v) is 14.2. The molecule has 3 aromatic carbocycles. The molecule has 0 amide bonds. The van der Waals surface area contributed by atoms with E-state index in [0.29, 0.717) is 30.1 Å². The molecular weight excluding hydrogens is 522 g/mol. The minimum Gasteiger partial charge on any atom is -0.493 e. The van der Waals surface area contributed by atoms with Crippen molar-refractivity contribution in [2.45, 2.75) is 32.6 Å². The Balaban J connectivity index is 1.51. The number of thiazole rings is 1. The van der Waals surface area contributed by atoms with Crippen LogP contribution < -0.4 is 20.1 Å². The number of carbonyl (C=O) groups is 1. The lowest BCUT2D eigenvalue weighted by Gasteiger charge is -2.18. The maximum absolute atomic E-state index is 10.8. The second-order valence-electron chi connectivity index (χ2n) is 9.34. The van der Waals surface area contributed by atoms with Gasteiger partial charge in [-0.25, -0.2) is 4.98 Å². The number of allylic oxidation sites excluding steroid dienone is 1. The fourth-order valence-corrected chi connectivity index (χ4v) is 4.92. The van der Waals surface area contributed by atoms with E-state index in [9.17, 15) is 4.79 Å². The van der Waals surface area contributed by atoms with Crippen LogP contribution in [-0.4, -0.2) is 36.3 Å². The summed E-state index contributed by atoms with van der Waals surface area (Å²) >= 11 is 1.54. The minimum absolute atomic E-state index is 0.129. The van der Waals surface area contributed by atoms with Crippen LogP contribution in [0.2, 0.25) is 0 Å². The molecule has 0 saturated heterocycles. The molecule has 208 valence electrons. The van der Waals surface area contributed by atoms with E-state index in [1.54, 1.807) is 13.3 Å². The second kappa shape index (κ2) is 14.3. The molecule has 4 rings (SSSR count). The van der Waals surface area contributed by atoms with Gasteiger partial charge in [0.2, 0.25) is 0 Å². The van der Waals surface area contributed by atoms with Crippen LogP contribution in [0.4, 0.5) is 5.13 Å². The molecule has 4 aromatic rings. The number of hydrogen-bond donors (Lipinski definition) is 3. The minimum atomic E-state index is -0.788. The maximum atomic E-state index is 10.8. The third-order valence-electron chi connectivity index (χ3n) is 6.42. The number of aliphatic carboxylic acids is 1. The summed E-state index contributed by atoms with van der Waals surface area (Å²) in [6.07, 6.45) is 3.90. The number of nitrogens with zero attached hydrogens (tertiary/aromatic N) is 1. The van der Waals surface area contributed by atoms with Gasteiger partial charge in [-0.1, -0.05) is 49.9 Å². The van der Waals surface area contributed by atoms with Crippen molar-refractivity contribution >= 4 is 22.4 Å². The topological polar surface area (TPSA) is 92.7 Å². The molecule has 0 aliphatic carbocycles. The summed E-state index contributed by atoms with van der Waals surface area (Å²) in [6, 6.07) is 20.0. The molecule has 0 fully saturated rings. The molecule has 3 N–H and O–H groups in total. The molecule has 40 heavy (non-hydrogen) atoms. The predicted molar refractivity (Wildman–Crippen MR) is 162 cm³/mol. The number of carboxylic acid groups (broad SMARTS) is 1. The van der Waals surface area contributed by atoms with Crippen molar-refractivity contribution in [2.75, 3.05) is 25.5 Å².